The van der Waals surface area contributed by atoms with Gasteiger partial charge in [0.2, 0.25) is 0 Å². The van der Waals surface area contributed by atoms with Gasteiger partial charge in [0.05, 0.1) is 11.7 Å². The molecule has 3 aromatic heterocycles. The highest BCUT2D eigenvalue weighted by Gasteiger charge is 2.27. The molecule has 7 heteroatoms. The van der Waals surface area contributed by atoms with Crippen molar-refractivity contribution in [2.75, 3.05) is 11.9 Å². The number of thiazole rings is 1. The zero-order valence-electron chi connectivity index (χ0n) is 15.0. The van der Waals surface area contributed by atoms with E-state index in [0.29, 0.717) is 6.04 Å². The third kappa shape index (κ3) is 3.89. The number of nitrogens with one attached hydrogen (secondary N) is 1. The Balaban J connectivity index is 1.55. The van der Waals surface area contributed by atoms with Crippen LogP contribution in [0.15, 0.2) is 36.8 Å². The molecule has 0 radical (unpaired) electrons. The van der Waals surface area contributed by atoms with Crippen molar-refractivity contribution in [2.24, 2.45) is 0 Å². The summed E-state index contributed by atoms with van der Waals surface area (Å²) in [5.41, 5.74) is 2.32. The molecule has 1 atom stereocenters. The Morgan fingerprint density at radius 1 is 1.27 bits per heavy atom. The number of rotatable bonds is 5. The van der Waals surface area contributed by atoms with Crippen molar-refractivity contribution in [1.82, 2.24) is 24.8 Å². The van der Waals surface area contributed by atoms with Crippen LogP contribution in [0.4, 0.5) is 10.9 Å². The molecule has 0 bridgehead atoms. The molecule has 26 heavy (non-hydrogen) atoms. The van der Waals surface area contributed by atoms with Gasteiger partial charge in [-0.25, -0.2) is 15.0 Å². The van der Waals surface area contributed by atoms with Crippen molar-refractivity contribution >= 4 is 22.3 Å². The first-order chi connectivity index (χ1) is 12.7. The predicted molar refractivity (Wildman–Crippen MR) is 104 cm³/mol. The number of nitrogens with zero attached hydrogens (tertiary/aromatic N) is 5. The number of aromatic nitrogens is 4. The lowest BCUT2D eigenvalue weighted by atomic mass is 10.1. The number of aryl methyl sites for hydroxylation is 2. The third-order valence-corrected chi connectivity index (χ3v) is 5.36. The van der Waals surface area contributed by atoms with Crippen LogP contribution in [0.1, 0.15) is 40.8 Å². The second-order valence-electron chi connectivity index (χ2n) is 6.62. The fourth-order valence-corrected chi connectivity index (χ4v) is 4.10. The SMILES string of the molecule is Cc1nc(Nc2ncc(C)s2)cc([C@@H]2CCCN2Cc2cccnc2)n1. The average Bonchev–Trinajstić information content (AvgIpc) is 3.24. The molecule has 1 saturated heterocycles. The minimum Gasteiger partial charge on any atom is -0.316 e. The van der Waals surface area contributed by atoms with E-state index >= 15 is 0 Å². The number of pyridine rings is 1. The summed E-state index contributed by atoms with van der Waals surface area (Å²) >= 11 is 1.63. The summed E-state index contributed by atoms with van der Waals surface area (Å²) in [5.74, 6) is 1.60. The van der Waals surface area contributed by atoms with Gasteiger partial charge in [0.1, 0.15) is 11.6 Å². The molecule has 1 N–H and O–H groups in total. The Morgan fingerprint density at radius 3 is 2.96 bits per heavy atom. The quantitative estimate of drug-likeness (QED) is 0.735. The summed E-state index contributed by atoms with van der Waals surface area (Å²) in [5, 5.41) is 4.19. The first kappa shape index (κ1) is 17.1. The molecule has 6 nitrogen and oxygen atoms in total. The Hall–Kier alpha value is -2.38. The number of anilines is 2. The summed E-state index contributed by atoms with van der Waals surface area (Å²) < 4.78 is 0. The Morgan fingerprint density at radius 2 is 2.19 bits per heavy atom. The summed E-state index contributed by atoms with van der Waals surface area (Å²) in [6.07, 6.45) is 7.93. The lowest BCUT2D eigenvalue weighted by molar-refractivity contribution is 0.244. The van der Waals surface area contributed by atoms with E-state index in [1.807, 2.05) is 38.5 Å². The molecule has 0 amide bonds. The molecule has 134 valence electrons. The molecule has 0 spiro atoms. The van der Waals surface area contributed by atoms with Gasteiger partial charge in [0.25, 0.3) is 0 Å². The highest BCUT2D eigenvalue weighted by atomic mass is 32.1. The van der Waals surface area contributed by atoms with Gasteiger partial charge in [0, 0.05) is 36.1 Å². The molecule has 1 aliphatic rings. The van der Waals surface area contributed by atoms with Crippen LogP contribution in [-0.4, -0.2) is 31.4 Å². The van der Waals surface area contributed by atoms with Gasteiger partial charge in [-0.15, -0.1) is 11.3 Å². The molecular weight excluding hydrogens is 344 g/mol. The van der Waals surface area contributed by atoms with Crippen molar-refractivity contribution in [3.63, 3.8) is 0 Å². The van der Waals surface area contributed by atoms with Gasteiger partial charge >= 0.3 is 0 Å². The van der Waals surface area contributed by atoms with E-state index in [2.05, 4.69) is 37.3 Å². The van der Waals surface area contributed by atoms with Crippen molar-refractivity contribution < 1.29 is 0 Å². The first-order valence-corrected chi connectivity index (χ1v) is 9.67. The van der Waals surface area contributed by atoms with Gasteiger partial charge in [-0.05, 0) is 44.9 Å². The second-order valence-corrected chi connectivity index (χ2v) is 7.85. The molecular formula is C19H22N6S. The zero-order chi connectivity index (χ0) is 17.9. The van der Waals surface area contributed by atoms with Crippen LogP contribution in [0.5, 0.6) is 0 Å². The van der Waals surface area contributed by atoms with E-state index in [1.54, 1.807) is 11.3 Å². The van der Waals surface area contributed by atoms with Crippen LogP contribution in [0.25, 0.3) is 0 Å². The van der Waals surface area contributed by atoms with E-state index in [4.69, 9.17) is 4.98 Å². The second kappa shape index (κ2) is 7.47. The van der Waals surface area contributed by atoms with E-state index in [-0.39, 0.29) is 0 Å². The lowest BCUT2D eigenvalue weighted by Crippen LogP contribution is -2.24. The maximum absolute atomic E-state index is 4.73. The fraction of sp³-hybridized carbons (Fsp3) is 0.368. The van der Waals surface area contributed by atoms with E-state index < -0.39 is 0 Å². The first-order valence-electron chi connectivity index (χ1n) is 8.85. The van der Waals surface area contributed by atoms with Crippen LogP contribution in [-0.2, 0) is 6.54 Å². The highest BCUT2D eigenvalue weighted by Crippen LogP contribution is 2.33. The van der Waals surface area contributed by atoms with Crippen molar-refractivity contribution in [3.05, 3.63) is 58.7 Å². The van der Waals surface area contributed by atoms with Crippen LogP contribution in [0.2, 0.25) is 0 Å². The molecule has 0 saturated carbocycles. The highest BCUT2D eigenvalue weighted by molar-refractivity contribution is 7.15. The number of likely N-dealkylation sites (tertiary alicyclic amines) is 1. The minimum absolute atomic E-state index is 0.315. The average molecular weight is 366 g/mol. The standard InChI is InChI=1S/C19H22N6S/c1-13-10-21-19(26-13)24-18-9-16(22-14(2)23-18)17-6-4-8-25(17)12-15-5-3-7-20-11-15/h3,5,7,9-11,17H,4,6,8,12H2,1-2H3,(H,21,22,23,24)/t17-/m0/s1. The fourth-order valence-electron chi connectivity index (χ4n) is 3.42. The molecule has 4 heterocycles. The lowest BCUT2D eigenvalue weighted by Gasteiger charge is -2.24. The topological polar surface area (TPSA) is 66.8 Å². The van der Waals surface area contributed by atoms with E-state index in [0.717, 1.165) is 42.0 Å². The minimum atomic E-state index is 0.315. The van der Waals surface area contributed by atoms with Crippen molar-refractivity contribution in [2.45, 2.75) is 39.3 Å². The largest absolute Gasteiger partial charge is 0.316 e. The number of hydrogen-bond acceptors (Lipinski definition) is 7. The molecule has 4 rings (SSSR count). The Kier molecular flexibility index (Phi) is 4.90. The van der Waals surface area contributed by atoms with Gasteiger partial charge in [-0.1, -0.05) is 6.07 Å². The van der Waals surface area contributed by atoms with Crippen LogP contribution in [0.3, 0.4) is 0 Å². The van der Waals surface area contributed by atoms with Crippen LogP contribution in [0, 0.1) is 13.8 Å². The van der Waals surface area contributed by atoms with E-state index in [9.17, 15) is 0 Å². The summed E-state index contributed by atoms with van der Waals surface area (Å²) in [7, 11) is 0. The van der Waals surface area contributed by atoms with Gasteiger partial charge in [-0.2, -0.15) is 0 Å². The van der Waals surface area contributed by atoms with Crippen LogP contribution >= 0.6 is 11.3 Å². The molecule has 0 aliphatic carbocycles. The zero-order valence-corrected chi connectivity index (χ0v) is 15.8. The normalized spacial score (nSPS) is 17.5. The molecule has 0 unspecified atom stereocenters. The Bertz CT molecular complexity index is 879. The Labute approximate surface area is 157 Å². The third-order valence-electron chi connectivity index (χ3n) is 4.53. The summed E-state index contributed by atoms with van der Waals surface area (Å²) in [6.45, 7) is 5.98. The maximum atomic E-state index is 4.73. The molecule has 1 fully saturated rings. The molecule has 0 aromatic carbocycles. The van der Waals surface area contributed by atoms with E-state index in [1.165, 1.54) is 16.9 Å². The summed E-state index contributed by atoms with van der Waals surface area (Å²) in [4.78, 5) is 21.5. The summed E-state index contributed by atoms with van der Waals surface area (Å²) in [6, 6.07) is 6.50. The van der Waals surface area contributed by atoms with Crippen molar-refractivity contribution in [1.29, 1.82) is 0 Å². The van der Waals surface area contributed by atoms with Gasteiger partial charge < -0.3 is 5.32 Å². The van der Waals surface area contributed by atoms with Gasteiger partial charge in [0.15, 0.2) is 5.13 Å². The van der Waals surface area contributed by atoms with Crippen molar-refractivity contribution in [3.8, 4) is 0 Å². The molecule has 3 aromatic rings. The molecule has 1 aliphatic heterocycles. The monoisotopic (exact) mass is 366 g/mol. The van der Waals surface area contributed by atoms with Gasteiger partial charge in [-0.3, -0.25) is 9.88 Å². The maximum Gasteiger partial charge on any atom is 0.188 e. The van der Waals surface area contributed by atoms with Crippen LogP contribution < -0.4 is 5.32 Å². The number of hydrogen-bond donors (Lipinski definition) is 1. The smallest absolute Gasteiger partial charge is 0.188 e. The predicted octanol–water partition coefficient (Wildman–Crippen LogP) is 4.03.